The van der Waals surface area contributed by atoms with Gasteiger partial charge < -0.3 is 20.1 Å². The van der Waals surface area contributed by atoms with Crippen molar-refractivity contribution in [3.8, 4) is 11.5 Å². The summed E-state index contributed by atoms with van der Waals surface area (Å²) in [6, 6.07) is 9.43. The van der Waals surface area contributed by atoms with Gasteiger partial charge in [-0.3, -0.25) is 4.79 Å². The van der Waals surface area contributed by atoms with Gasteiger partial charge in [-0.15, -0.1) is 0 Å². The van der Waals surface area contributed by atoms with Crippen molar-refractivity contribution >= 4 is 23.4 Å². The summed E-state index contributed by atoms with van der Waals surface area (Å²) < 4.78 is 47.6. The molecule has 0 fully saturated rings. The predicted molar refractivity (Wildman–Crippen MR) is 96.5 cm³/mol. The zero-order valence-corrected chi connectivity index (χ0v) is 14.4. The van der Waals surface area contributed by atoms with E-state index in [1.54, 1.807) is 18.2 Å². The van der Waals surface area contributed by atoms with Crippen molar-refractivity contribution in [1.29, 1.82) is 0 Å². The number of carbonyl (C=O) groups is 1. The number of allylic oxidation sites excluding steroid dienone is 1. The molecule has 0 aliphatic carbocycles. The van der Waals surface area contributed by atoms with Crippen LogP contribution in [0.3, 0.4) is 0 Å². The first-order chi connectivity index (χ1) is 12.9. The van der Waals surface area contributed by atoms with Crippen molar-refractivity contribution in [3.63, 3.8) is 0 Å². The lowest BCUT2D eigenvalue weighted by Gasteiger charge is -2.20. The minimum absolute atomic E-state index is 0.128. The third kappa shape index (κ3) is 4.72. The van der Waals surface area contributed by atoms with Gasteiger partial charge in [0.05, 0.1) is 18.4 Å². The molecule has 1 aliphatic heterocycles. The summed E-state index contributed by atoms with van der Waals surface area (Å²) in [7, 11) is 1.35. The zero-order valence-electron chi connectivity index (χ0n) is 14.4. The number of hydrogen-bond donors (Lipinski definition) is 2. The smallest absolute Gasteiger partial charge is 0.409 e. The number of anilines is 2. The number of methoxy groups -OCH3 is 1. The van der Waals surface area contributed by atoms with Crippen molar-refractivity contribution < 1.29 is 27.4 Å². The molecule has 2 aromatic rings. The number of alkyl halides is 3. The highest BCUT2D eigenvalue weighted by molar-refractivity contribution is 6.06. The number of benzene rings is 2. The molecule has 2 aromatic carbocycles. The van der Waals surface area contributed by atoms with Crippen molar-refractivity contribution in [3.05, 3.63) is 53.6 Å². The van der Waals surface area contributed by atoms with Gasteiger partial charge in [0.15, 0.2) is 0 Å². The average molecular weight is 378 g/mol. The van der Waals surface area contributed by atoms with E-state index in [4.69, 9.17) is 9.47 Å². The predicted octanol–water partition coefficient (Wildman–Crippen LogP) is 4.33. The van der Waals surface area contributed by atoms with Gasteiger partial charge in [-0.1, -0.05) is 6.07 Å². The second-order valence-electron chi connectivity index (χ2n) is 5.77. The lowest BCUT2D eigenvalue weighted by molar-refractivity contribution is -0.0790. The Kier molecular flexibility index (Phi) is 5.25. The molecule has 1 amide bonds. The number of nitrogens with one attached hydrogen (secondary N) is 2. The molecule has 142 valence electrons. The van der Waals surface area contributed by atoms with E-state index in [2.05, 4.69) is 10.6 Å². The van der Waals surface area contributed by atoms with Gasteiger partial charge in [0.2, 0.25) is 0 Å². The normalized spacial score (nSPS) is 13.5. The Hall–Kier alpha value is -3.16. The van der Waals surface area contributed by atoms with Gasteiger partial charge in [0.1, 0.15) is 18.1 Å². The summed E-state index contributed by atoms with van der Waals surface area (Å²) in [5.74, 6) is 0.369. The third-order valence-electron chi connectivity index (χ3n) is 3.85. The van der Waals surface area contributed by atoms with Gasteiger partial charge in [-0.05, 0) is 35.9 Å². The molecule has 0 spiro atoms. The summed E-state index contributed by atoms with van der Waals surface area (Å²) >= 11 is 0. The number of hydrogen-bond acceptors (Lipinski definition) is 4. The Morgan fingerprint density at radius 1 is 1.26 bits per heavy atom. The van der Waals surface area contributed by atoms with E-state index in [1.807, 2.05) is 0 Å². The van der Waals surface area contributed by atoms with Crippen LogP contribution in [0.1, 0.15) is 15.9 Å². The standard InChI is InChI=1S/C19H17F3N2O3/c1-26-16-10-12(6-7-19(20,21)22)2-4-14(16)18(25)24-13-3-5-15-17(11-13)27-9-8-23-15/h2-7,10-11,23H,8-9H2,1H3,(H,24,25). The molecular formula is C19H17F3N2O3. The molecule has 0 atom stereocenters. The van der Waals surface area contributed by atoms with E-state index in [0.717, 1.165) is 11.8 Å². The molecule has 1 heterocycles. The molecule has 2 N–H and O–H groups in total. The van der Waals surface area contributed by atoms with E-state index < -0.39 is 12.1 Å². The maximum atomic E-state index is 12.5. The first kappa shape index (κ1) is 18.6. The molecule has 8 heteroatoms. The Balaban J connectivity index is 1.79. The van der Waals surface area contributed by atoms with Crippen LogP contribution in [0.25, 0.3) is 6.08 Å². The van der Waals surface area contributed by atoms with E-state index in [-0.39, 0.29) is 23.0 Å². The Morgan fingerprint density at radius 3 is 2.81 bits per heavy atom. The Bertz CT molecular complexity index is 879. The van der Waals surface area contributed by atoms with Crippen LogP contribution in [0.15, 0.2) is 42.5 Å². The largest absolute Gasteiger partial charge is 0.496 e. The first-order valence-electron chi connectivity index (χ1n) is 8.12. The number of amides is 1. The number of fused-ring (bicyclic) bond motifs is 1. The van der Waals surface area contributed by atoms with E-state index >= 15 is 0 Å². The lowest BCUT2D eigenvalue weighted by Crippen LogP contribution is -2.18. The first-order valence-corrected chi connectivity index (χ1v) is 8.12. The fraction of sp³-hybridized carbons (Fsp3) is 0.211. The topological polar surface area (TPSA) is 59.6 Å². The quantitative estimate of drug-likeness (QED) is 0.832. The second kappa shape index (κ2) is 7.61. The summed E-state index contributed by atoms with van der Waals surface area (Å²) in [5.41, 5.74) is 1.86. The highest BCUT2D eigenvalue weighted by Crippen LogP contribution is 2.31. The van der Waals surface area contributed by atoms with E-state index in [9.17, 15) is 18.0 Å². The third-order valence-corrected chi connectivity index (χ3v) is 3.85. The fourth-order valence-electron chi connectivity index (χ4n) is 2.60. The van der Waals surface area contributed by atoms with Crippen LogP contribution < -0.4 is 20.1 Å². The molecule has 5 nitrogen and oxygen atoms in total. The zero-order chi connectivity index (χ0) is 19.4. The van der Waals surface area contributed by atoms with Crippen LogP contribution in [0.5, 0.6) is 11.5 Å². The molecule has 0 bridgehead atoms. The minimum Gasteiger partial charge on any atom is -0.496 e. The Labute approximate surface area is 153 Å². The van der Waals surface area contributed by atoms with Crippen LogP contribution in [-0.2, 0) is 0 Å². The van der Waals surface area contributed by atoms with Gasteiger partial charge in [0.25, 0.3) is 5.91 Å². The number of halogens is 3. The van der Waals surface area contributed by atoms with Crippen LogP contribution in [0.4, 0.5) is 24.5 Å². The molecule has 0 saturated heterocycles. The summed E-state index contributed by atoms with van der Waals surface area (Å²) in [6.07, 6.45) is -3.37. The van der Waals surface area contributed by atoms with E-state index in [0.29, 0.717) is 24.6 Å². The number of rotatable bonds is 4. The molecule has 1 aliphatic rings. The molecule has 27 heavy (non-hydrogen) atoms. The molecule has 0 aromatic heterocycles. The summed E-state index contributed by atoms with van der Waals surface area (Å²) in [4.78, 5) is 12.5. The Morgan fingerprint density at radius 2 is 2.07 bits per heavy atom. The SMILES string of the molecule is COc1cc(C=CC(F)(F)F)ccc1C(=O)Nc1ccc2c(c1)OCCN2. The maximum Gasteiger partial charge on any atom is 0.409 e. The van der Waals surface area contributed by atoms with Crippen LogP contribution in [0, 0.1) is 0 Å². The van der Waals surface area contributed by atoms with Gasteiger partial charge >= 0.3 is 6.18 Å². The van der Waals surface area contributed by atoms with Crippen LogP contribution >= 0.6 is 0 Å². The maximum absolute atomic E-state index is 12.5. The molecule has 3 rings (SSSR count). The van der Waals surface area contributed by atoms with Gasteiger partial charge in [-0.2, -0.15) is 13.2 Å². The monoisotopic (exact) mass is 378 g/mol. The van der Waals surface area contributed by atoms with Crippen LogP contribution in [0.2, 0.25) is 0 Å². The average Bonchev–Trinajstić information content (AvgIpc) is 2.65. The van der Waals surface area contributed by atoms with Crippen molar-refractivity contribution in [1.82, 2.24) is 0 Å². The van der Waals surface area contributed by atoms with Gasteiger partial charge in [0, 0.05) is 24.4 Å². The van der Waals surface area contributed by atoms with E-state index in [1.165, 1.54) is 25.3 Å². The van der Waals surface area contributed by atoms with Gasteiger partial charge in [-0.25, -0.2) is 0 Å². The van der Waals surface area contributed by atoms with Crippen molar-refractivity contribution in [2.45, 2.75) is 6.18 Å². The number of carbonyl (C=O) groups excluding carboxylic acids is 1. The lowest BCUT2D eigenvalue weighted by atomic mass is 10.1. The second-order valence-corrected chi connectivity index (χ2v) is 5.77. The molecule has 0 saturated carbocycles. The van der Waals surface area contributed by atoms with Crippen molar-refractivity contribution in [2.24, 2.45) is 0 Å². The molecule has 0 unspecified atom stereocenters. The highest BCUT2D eigenvalue weighted by atomic mass is 19.4. The number of ether oxygens (including phenoxy) is 2. The minimum atomic E-state index is -4.41. The molecular weight excluding hydrogens is 361 g/mol. The molecule has 0 radical (unpaired) electrons. The summed E-state index contributed by atoms with van der Waals surface area (Å²) in [5, 5.41) is 5.91. The van der Waals surface area contributed by atoms with Crippen LogP contribution in [-0.4, -0.2) is 32.3 Å². The highest BCUT2D eigenvalue weighted by Gasteiger charge is 2.22. The summed E-state index contributed by atoms with van der Waals surface area (Å²) in [6.45, 7) is 1.25. The van der Waals surface area contributed by atoms with Crippen molar-refractivity contribution in [2.75, 3.05) is 30.9 Å². The fourth-order valence-corrected chi connectivity index (χ4v) is 2.60.